The van der Waals surface area contributed by atoms with Crippen molar-refractivity contribution < 1.29 is 0 Å². The minimum atomic E-state index is -3.69. The summed E-state index contributed by atoms with van der Waals surface area (Å²) >= 11 is 21.6. The van der Waals surface area contributed by atoms with Crippen LogP contribution in [0.2, 0.25) is 0 Å². The standard InChI is InChI=1S/Cl5P.4ClH.Sn/c1-6(2,3,4)5;;;;;/h;4*1H;/q;;;;;+4/p-4. The molecule has 0 N–H and O–H groups in total. The average molecular weight is 469 g/mol. The summed E-state index contributed by atoms with van der Waals surface area (Å²) in [6.07, 6.45) is 0. The zero-order valence-electron chi connectivity index (χ0n) is 4.35. The van der Waals surface area contributed by atoms with Crippen LogP contribution in [-0.4, -0.2) is 13.9 Å². The topological polar surface area (TPSA) is 0 Å². The van der Waals surface area contributed by atoms with Gasteiger partial charge in [0.15, 0.2) is 0 Å². The fraction of sp³-hybridized carbons (Fsp3) is 0. The minimum absolute atomic E-state index is 3.29. The Labute approximate surface area is 107 Å². The van der Waals surface area contributed by atoms with Crippen LogP contribution in [0.15, 0.2) is 0 Å². The summed E-state index contributed by atoms with van der Waals surface area (Å²) in [5.74, 6) is 0. The van der Waals surface area contributed by atoms with E-state index in [1.54, 1.807) is 0 Å². The Hall–Kier alpha value is 3.84. The second kappa shape index (κ2) is 5.80. The Balaban J connectivity index is 0. The second-order valence-corrected chi connectivity index (χ2v) is 43.1. The molecular formula is Cl9PSn. The third-order valence-electron chi connectivity index (χ3n) is 0. The molecule has 0 aromatic carbocycles. The van der Waals surface area contributed by atoms with E-state index in [0.29, 0.717) is 0 Å². The van der Waals surface area contributed by atoms with Crippen LogP contribution < -0.4 is 0 Å². The van der Waals surface area contributed by atoms with Crippen LogP contribution in [0.3, 0.4) is 0 Å². The molecule has 0 rings (SSSR count). The summed E-state index contributed by atoms with van der Waals surface area (Å²) in [4.78, 5) is 0. The van der Waals surface area contributed by atoms with Gasteiger partial charge in [0, 0.05) is 0 Å². The van der Waals surface area contributed by atoms with Crippen LogP contribution in [0.25, 0.3) is 0 Å². The molecule has 0 saturated carbocycles. The summed E-state index contributed by atoms with van der Waals surface area (Å²) in [7, 11) is 20.1. The van der Waals surface area contributed by atoms with Gasteiger partial charge in [0.25, 0.3) is 0 Å². The first-order chi connectivity index (χ1) is 4.24. The second-order valence-electron chi connectivity index (χ2n) is 1.07. The Morgan fingerprint density at radius 2 is 0.636 bits per heavy atom. The van der Waals surface area contributed by atoms with E-state index in [0.717, 1.165) is 0 Å². The van der Waals surface area contributed by atoms with Gasteiger partial charge in [0.05, 0.1) is 0 Å². The van der Waals surface area contributed by atoms with Crippen LogP contribution in [0.5, 0.6) is 0 Å². The first-order valence-corrected chi connectivity index (χ1v) is 22.8. The van der Waals surface area contributed by atoms with Gasteiger partial charge in [0.2, 0.25) is 0 Å². The Morgan fingerprint density at radius 1 is 0.636 bits per heavy atom. The van der Waals surface area contributed by atoms with Gasteiger partial charge in [-0.2, -0.15) is 0 Å². The van der Waals surface area contributed by atoms with Crippen molar-refractivity contribution in [1.82, 2.24) is 0 Å². The molecule has 0 atom stereocenters. The molecule has 0 saturated heterocycles. The third kappa shape index (κ3) is 132. The van der Waals surface area contributed by atoms with E-state index >= 15 is 0 Å². The zero-order chi connectivity index (χ0) is 9.95. The summed E-state index contributed by atoms with van der Waals surface area (Å²) in [6, 6.07) is 0. The van der Waals surface area contributed by atoms with Crippen molar-refractivity contribution in [3.05, 3.63) is 0 Å². The molecule has 0 aliphatic rings. The SMILES string of the molecule is ClP(Cl)(Cl)(Cl)Cl.[Cl][Sn]([Cl])([Cl])[Cl]. The number of halogens is 9. The maximum atomic E-state index is 5.04. The predicted octanol–water partition coefficient (Wildman–Crippen LogP) is 6.69. The maximum absolute atomic E-state index is 5.04. The van der Waals surface area contributed by atoms with Crippen LogP contribution in [0.1, 0.15) is 0 Å². The van der Waals surface area contributed by atoms with Crippen LogP contribution in [0, 0.1) is 0 Å². The molecule has 0 spiro atoms. The number of rotatable bonds is 0. The van der Waals surface area contributed by atoms with Gasteiger partial charge in [-0.15, -0.1) is 0 Å². The van der Waals surface area contributed by atoms with Gasteiger partial charge < -0.3 is 0 Å². The van der Waals surface area contributed by atoms with Crippen molar-refractivity contribution in [2.75, 3.05) is 0 Å². The molecule has 0 aromatic rings. The Kier molecular flexibility index (Phi) is 9.08. The molecule has 0 radical (unpaired) electrons. The normalized spacial score (nSPS) is 15.9. The first-order valence-electron chi connectivity index (χ1n) is 1.60. The number of hydrogen-bond acceptors (Lipinski definition) is 0. The van der Waals surface area contributed by atoms with Crippen LogP contribution >= 0.6 is 95.3 Å². The van der Waals surface area contributed by atoms with E-state index in [9.17, 15) is 0 Å². The molecule has 11 heteroatoms. The molecule has 0 heterocycles. The molecule has 0 unspecified atom stereocenters. The Bertz CT molecular complexity index is 88.8. The van der Waals surface area contributed by atoms with Crippen LogP contribution in [-0.2, 0) is 0 Å². The van der Waals surface area contributed by atoms with E-state index in [-0.39, 0.29) is 0 Å². The fourth-order valence-electron chi connectivity index (χ4n) is 0. The van der Waals surface area contributed by atoms with Gasteiger partial charge in [-0.05, 0) is 0 Å². The van der Waals surface area contributed by atoms with Crippen molar-refractivity contribution in [1.29, 1.82) is 0 Å². The van der Waals surface area contributed by atoms with Gasteiger partial charge in [-0.25, -0.2) is 0 Å². The van der Waals surface area contributed by atoms with Crippen molar-refractivity contribution in [2.24, 2.45) is 0 Å². The monoisotopic (exact) mass is 466 g/mol. The third-order valence-corrected chi connectivity index (χ3v) is 0. The van der Waals surface area contributed by atoms with Crippen molar-refractivity contribution in [2.45, 2.75) is 0 Å². The Morgan fingerprint density at radius 3 is 0.636 bits per heavy atom. The van der Waals surface area contributed by atoms with Crippen LogP contribution in [0.4, 0.5) is 0 Å². The van der Waals surface area contributed by atoms with Gasteiger partial charge >= 0.3 is 109 Å². The van der Waals surface area contributed by atoms with E-state index < -0.39 is 17.2 Å². The molecule has 0 bridgehead atoms. The molecule has 0 nitrogen and oxygen atoms in total. The van der Waals surface area contributed by atoms with Gasteiger partial charge in [-0.1, -0.05) is 0 Å². The molecule has 0 aliphatic heterocycles. The van der Waals surface area contributed by atoms with Crippen molar-refractivity contribution in [3.63, 3.8) is 0 Å². The summed E-state index contributed by atoms with van der Waals surface area (Å²) in [5, 5.41) is 0. The van der Waals surface area contributed by atoms with E-state index in [1.165, 1.54) is 0 Å². The van der Waals surface area contributed by atoms with E-state index in [2.05, 4.69) is 0 Å². The van der Waals surface area contributed by atoms with Crippen molar-refractivity contribution >= 4 is 109 Å². The fourth-order valence-corrected chi connectivity index (χ4v) is 0. The molecule has 0 fully saturated rings. The van der Waals surface area contributed by atoms with E-state index in [1.807, 2.05) is 0 Å². The molecule has 11 heavy (non-hydrogen) atoms. The zero-order valence-corrected chi connectivity index (χ0v) is 14.9. The number of hydrogen-bond donors (Lipinski definition) is 0. The summed E-state index contributed by atoms with van der Waals surface area (Å²) in [5.41, 5.74) is 0. The molecule has 0 aromatic heterocycles. The predicted molar refractivity (Wildman–Crippen MR) is 65.4 cm³/mol. The van der Waals surface area contributed by atoms with Gasteiger partial charge in [0.1, 0.15) is 0 Å². The molecule has 0 amide bonds. The quantitative estimate of drug-likeness (QED) is 0.275. The summed E-state index contributed by atoms with van der Waals surface area (Å²) < 4.78 is -3.69. The summed E-state index contributed by atoms with van der Waals surface area (Å²) in [6.45, 7) is 0. The molecule has 0 aliphatic carbocycles. The average Bonchev–Trinajstić information content (AvgIpc) is 1.07. The molecular weight excluding hydrogens is 469 g/mol. The molecule has 72 valence electrons. The van der Waals surface area contributed by atoms with Gasteiger partial charge in [-0.3, -0.25) is 0 Å². The first kappa shape index (κ1) is 17.2. The van der Waals surface area contributed by atoms with Crippen molar-refractivity contribution in [3.8, 4) is 0 Å². The van der Waals surface area contributed by atoms with E-state index in [4.69, 9.17) is 91.9 Å².